The Balaban J connectivity index is 2.00. The lowest BCUT2D eigenvalue weighted by molar-refractivity contribution is -0.116. The van der Waals surface area contributed by atoms with E-state index < -0.39 is 0 Å². The van der Waals surface area contributed by atoms with E-state index in [1.807, 2.05) is 6.07 Å². The number of nitrogens with zero attached hydrogens (tertiary/aromatic N) is 2. The first-order valence-electron chi connectivity index (χ1n) is 8.67. The summed E-state index contributed by atoms with van der Waals surface area (Å²) >= 11 is 6.10. The molecule has 3 rings (SSSR count). The normalized spacial score (nSPS) is 10.6. The fourth-order valence-electron chi connectivity index (χ4n) is 2.83. The van der Waals surface area contributed by atoms with Crippen LogP contribution in [0.15, 0.2) is 53.3 Å². The molecule has 0 radical (unpaired) electrons. The predicted molar refractivity (Wildman–Crippen MR) is 110 cm³/mol. The molecule has 7 heteroatoms. The van der Waals surface area contributed by atoms with Gasteiger partial charge in [0.1, 0.15) is 18.1 Å². The number of benzene rings is 2. The Morgan fingerprint density at radius 3 is 2.64 bits per heavy atom. The highest BCUT2D eigenvalue weighted by atomic mass is 35.5. The minimum absolute atomic E-state index is 0.188. The Morgan fingerprint density at radius 2 is 1.93 bits per heavy atom. The molecule has 3 aromatic rings. The van der Waals surface area contributed by atoms with Gasteiger partial charge in [0.25, 0.3) is 5.56 Å². The van der Waals surface area contributed by atoms with Crippen molar-refractivity contribution in [1.29, 1.82) is 0 Å². The lowest BCUT2D eigenvalue weighted by Gasteiger charge is -2.15. The summed E-state index contributed by atoms with van der Waals surface area (Å²) in [5, 5.41) is 3.31. The molecule has 1 heterocycles. The minimum Gasteiger partial charge on any atom is -0.495 e. The number of methoxy groups -OCH3 is 1. The zero-order valence-corrected chi connectivity index (χ0v) is 16.6. The first kappa shape index (κ1) is 19.6. The van der Waals surface area contributed by atoms with Crippen LogP contribution in [0.1, 0.15) is 11.3 Å². The SMILES string of the molecule is COc1ccccc1NC(=O)Cn1c(-c2cccc(Cl)c2)nc(C)c(C)c1=O. The number of nitrogens with one attached hydrogen (secondary N) is 1. The van der Waals surface area contributed by atoms with Crippen LogP contribution < -0.4 is 15.6 Å². The second-order valence-corrected chi connectivity index (χ2v) is 6.73. The smallest absolute Gasteiger partial charge is 0.257 e. The molecule has 0 aliphatic carbocycles. The molecule has 0 saturated heterocycles. The molecule has 6 nitrogen and oxygen atoms in total. The highest BCUT2D eigenvalue weighted by Crippen LogP contribution is 2.24. The van der Waals surface area contributed by atoms with Crippen LogP contribution in [0.4, 0.5) is 5.69 Å². The van der Waals surface area contributed by atoms with Gasteiger partial charge in [-0.25, -0.2) is 4.98 Å². The summed E-state index contributed by atoms with van der Waals surface area (Å²) in [6, 6.07) is 14.1. The van der Waals surface area contributed by atoms with Gasteiger partial charge in [-0.15, -0.1) is 0 Å². The molecule has 0 saturated carbocycles. The molecule has 144 valence electrons. The second-order valence-electron chi connectivity index (χ2n) is 6.30. The summed E-state index contributed by atoms with van der Waals surface area (Å²) in [4.78, 5) is 30.1. The second kappa shape index (κ2) is 8.27. The van der Waals surface area contributed by atoms with Gasteiger partial charge in [-0.3, -0.25) is 14.2 Å². The van der Waals surface area contributed by atoms with Crippen LogP contribution in [0.2, 0.25) is 5.02 Å². The van der Waals surface area contributed by atoms with Gasteiger partial charge in [0, 0.05) is 21.8 Å². The summed E-state index contributed by atoms with van der Waals surface area (Å²) in [6.45, 7) is 3.28. The van der Waals surface area contributed by atoms with Gasteiger partial charge in [-0.1, -0.05) is 35.9 Å². The molecule has 0 unspecified atom stereocenters. The molecule has 2 aromatic carbocycles. The van der Waals surface area contributed by atoms with Gasteiger partial charge in [0.15, 0.2) is 0 Å². The third kappa shape index (κ3) is 4.07. The number of anilines is 1. The number of hydrogen-bond donors (Lipinski definition) is 1. The quantitative estimate of drug-likeness (QED) is 0.710. The standard InChI is InChI=1S/C21H20ClN3O3/c1-13-14(2)23-20(15-7-6-8-16(22)11-15)25(21(13)27)12-19(26)24-17-9-4-5-10-18(17)28-3/h4-11H,12H2,1-3H3,(H,24,26). The Labute approximate surface area is 167 Å². The number of aromatic nitrogens is 2. The summed E-state index contributed by atoms with van der Waals surface area (Å²) in [6.07, 6.45) is 0. The third-order valence-corrected chi connectivity index (χ3v) is 4.64. The van der Waals surface area contributed by atoms with Crippen molar-refractivity contribution in [3.05, 3.63) is 75.2 Å². The van der Waals surface area contributed by atoms with Crippen molar-refractivity contribution in [2.45, 2.75) is 20.4 Å². The molecule has 0 aliphatic heterocycles. The van der Waals surface area contributed by atoms with E-state index in [-0.39, 0.29) is 18.0 Å². The Hall–Kier alpha value is -3.12. The molecule has 28 heavy (non-hydrogen) atoms. The molecule has 0 fully saturated rings. The van der Waals surface area contributed by atoms with Gasteiger partial charge in [0.05, 0.1) is 12.8 Å². The van der Waals surface area contributed by atoms with Crippen molar-refractivity contribution in [3.8, 4) is 17.1 Å². The van der Waals surface area contributed by atoms with Crippen molar-refractivity contribution in [2.75, 3.05) is 12.4 Å². The van der Waals surface area contributed by atoms with Crippen molar-refractivity contribution < 1.29 is 9.53 Å². The number of amides is 1. The Bertz CT molecular complexity index is 1090. The fourth-order valence-corrected chi connectivity index (χ4v) is 3.02. The summed E-state index contributed by atoms with van der Waals surface area (Å²) in [5.74, 6) is 0.571. The Kier molecular flexibility index (Phi) is 5.80. The summed E-state index contributed by atoms with van der Waals surface area (Å²) < 4.78 is 6.61. The number of aryl methyl sites for hydroxylation is 1. The van der Waals surface area contributed by atoms with Crippen molar-refractivity contribution >= 4 is 23.2 Å². The van der Waals surface area contributed by atoms with E-state index >= 15 is 0 Å². The highest BCUT2D eigenvalue weighted by molar-refractivity contribution is 6.30. The van der Waals surface area contributed by atoms with E-state index in [2.05, 4.69) is 10.3 Å². The monoisotopic (exact) mass is 397 g/mol. The fraction of sp³-hybridized carbons (Fsp3) is 0.190. The van der Waals surface area contributed by atoms with Crippen molar-refractivity contribution in [1.82, 2.24) is 9.55 Å². The molecule has 0 bridgehead atoms. The lowest BCUT2D eigenvalue weighted by Crippen LogP contribution is -2.31. The van der Waals surface area contributed by atoms with Crippen LogP contribution in [-0.4, -0.2) is 22.6 Å². The van der Waals surface area contributed by atoms with Crippen LogP contribution in [0, 0.1) is 13.8 Å². The van der Waals surface area contributed by atoms with E-state index in [9.17, 15) is 9.59 Å². The molecule has 1 aromatic heterocycles. The number of carbonyl (C=O) groups excluding carboxylic acids is 1. The zero-order chi connectivity index (χ0) is 20.3. The maximum Gasteiger partial charge on any atom is 0.257 e. The maximum atomic E-state index is 12.9. The predicted octanol–water partition coefficient (Wildman–Crippen LogP) is 3.83. The third-order valence-electron chi connectivity index (χ3n) is 4.40. The first-order chi connectivity index (χ1) is 13.4. The summed E-state index contributed by atoms with van der Waals surface area (Å²) in [5.41, 5.74) is 2.04. The van der Waals surface area contributed by atoms with Crippen LogP contribution in [0.5, 0.6) is 5.75 Å². The van der Waals surface area contributed by atoms with Gasteiger partial charge in [-0.05, 0) is 38.1 Å². The van der Waals surface area contributed by atoms with E-state index in [0.717, 1.165) is 0 Å². The van der Waals surface area contributed by atoms with Gasteiger partial charge in [0.2, 0.25) is 5.91 Å². The van der Waals surface area contributed by atoms with Gasteiger partial charge in [-0.2, -0.15) is 0 Å². The molecular formula is C21H20ClN3O3. The number of carbonyl (C=O) groups is 1. The lowest BCUT2D eigenvalue weighted by atomic mass is 10.1. The first-order valence-corrected chi connectivity index (χ1v) is 9.05. The number of rotatable bonds is 5. The van der Waals surface area contributed by atoms with E-state index in [1.54, 1.807) is 56.3 Å². The number of halogens is 1. The molecule has 0 spiro atoms. The topological polar surface area (TPSA) is 73.2 Å². The molecule has 1 amide bonds. The molecular weight excluding hydrogens is 378 g/mol. The van der Waals surface area contributed by atoms with E-state index in [4.69, 9.17) is 16.3 Å². The minimum atomic E-state index is -0.361. The molecule has 1 N–H and O–H groups in total. The van der Waals surface area contributed by atoms with Gasteiger partial charge >= 0.3 is 0 Å². The van der Waals surface area contributed by atoms with Crippen LogP contribution in [0.25, 0.3) is 11.4 Å². The number of para-hydroxylation sites is 2. The van der Waals surface area contributed by atoms with Crippen LogP contribution in [-0.2, 0) is 11.3 Å². The summed E-state index contributed by atoms with van der Waals surface area (Å²) in [7, 11) is 1.53. The van der Waals surface area contributed by atoms with Crippen LogP contribution >= 0.6 is 11.6 Å². The largest absolute Gasteiger partial charge is 0.495 e. The van der Waals surface area contributed by atoms with Crippen LogP contribution in [0.3, 0.4) is 0 Å². The number of hydrogen-bond acceptors (Lipinski definition) is 4. The zero-order valence-electron chi connectivity index (χ0n) is 15.8. The highest BCUT2D eigenvalue weighted by Gasteiger charge is 2.17. The van der Waals surface area contributed by atoms with E-state index in [0.29, 0.717) is 39.1 Å². The van der Waals surface area contributed by atoms with Gasteiger partial charge < -0.3 is 10.1 Å². The van der Waals surface area contributed by atoms with Crippen molar-refractivity contribution in [3.63, 3.8) is 0 Å². The average molecular weight is 398 g/mol. The van der Waals surface area contributed by atoms with E-state index in [1.165, 1.54) is 11.7 Å². The average Bonchev–Trinajstić information content (AvgIpc) is 2.68. The van der Waals surface area contributed by atoms with Crippen molar-refractivity contribution in [2.24, 2.45) is 0 Å². The molecule has 0 aliphatic rings. The maximum absolute atomic E-state index is 12.9. The Morgan fingerprint density at radius 1 is 1.18 bits per heavy atom. The molecule has 0 atom stereocenters. The number of ether oxygens (including phenoxy) is 1.